The number of halogens is 5. The van der Waals surface area contributed by atoms with Crippen molar-refractivity contribution in [2.24, 2.45) is 0 Å². The quantitative estimate of drug-likeness (QED) is 0.241. The zero-order valence-electron chi connectivity index (χ0n) is 22.0. The van der Waals surface area contributed by atoms with Gasteiger partial charge in [-0.1, -0.05) is 17.7 Å². The molecule has 6 rings (SSSR count). The molecule has 0 bridgehead atoms. The summed E-state index contributed by atoms with van der Waals surface area (Å²) >= 11 is 6.58. The second-order valence-corrected chi connectivity index (χ2v) is 10.8. The van der Waals surface area contributed by atoms with E-state index < -0.39 is 17.7 Å². The van der Waals surface area contributed by atoms with Gasteiger partial charge in [-0.25, -0.2) is 14.1 Å². The molecule has 0 unspecified atom stereocenters. The monoisotopic (exact) mass is 577 g/mol. The van der Waals surface area contributed by atoms with Gasteiger partial charge in [0.1, 0.15) is 28.8 Å². The minimum Gasteiger partial charge on any atom is -0.382 e. The molecule has 1 fully saturated rings. The first kappa shape index (κ1) is 26.8. The fourth-order valence-corrected chi connectivity index (χ4v) is 5.66. The van der Waals surface area contributed by atoms with E-state index in [1.165, 1.54) is 16.7 Å². The van der Waals surface area contributed by atoms with Gasteiger partial charge in [-0.2, -0.15) is 23.4 Å². The Morgan fingerprint density at radius 2 is 1.95 bits per heavy atom. The maximum atomic E-state index is 15.3. The summed E-state index contributed by atoms with van der Waals surface area (Å²) in [4.78, 5) is 5.79. The van der Waals surface area contributed by atoms with Crippen LogP contribution in [0, 0.1) is 5.82 Å². The normalized spacial score (nSPS) is 16.4. The number of rotatable bonds is 8. The number of anilines is 1. The Hall–Kier alpha value is -3.38. The lowest BCUT2D eigenvalue weighted by atomic mass is 10.1. The third-order valence-corrected chi connectivity index (χ3v) is 7.87. The molecule has 4 heterocycles. The number of aromatic nitrogens is 6. The van der Waals surface area contributed by atoms with Crippen LogP contribution in [0.4, 0.5) is 23.4 Å². The van der Waals surface area contributed by atoms with Crippen molar-refractivity contribution in [3.63, 3.8) is 0 Å². The number of aryl methyl sites for hydroxylation is 2. The summed E-state index contributed by atoms with van der Waals surface area (Å²) in [6.07, 6.45) is 0.685. The van der Waals surface area contributed by atoms with Gasteiger partial charge in [0.25, 0.3) is 0 Å². The second-order valence-electron chi connectivity index (χ2n) is 10.3. The highest BCUT2D eigenvalue weighted by Gasteiger charge is 2.47. The Morgan fingerprint density at radius 3 is 2.62 bits per heavy atom. The largest absolute Gasteiger partial charge is 0.434 e. The van der Waals surface area contributed by atoms with Crippen molar-refractivity contribution in [3.05, 3.63) is 58.8 Å². The predicted octanol–water partition coefficient (Wildman–Crippen LogP) is 5.99. The average Bonchev–Trinajstić information content (AvgIpc) is 3.24. The van der Waals surface area contributed by atoms with Crippen molar-refractivity contribution in [2.75, 3.05) is 25.2 Å². The third kappa shape index (κ3) is 4.66. The summed E-state index contributed by atoms with van der Waals surface area (Å²) in [5.74, 6) is 0.207. The maximum absolute atomic E-state index is 15.3. The molecule has 1 aliphatic heterocycles. The van der Waals surface area contributed by atoms with E-state index in [-0.39, 0.29) is 23.5 Å². The Kier molecular flexibility index (Phi) is 6.65. The topological polar surface area (TPSA) is 65.9 Å². The summed E-state index contributed by atoms with van der Waals surface area (Å²) in [6.45, 7) is 4.33. The summed E-state index contributed by atoms with van der Waals surface area (Å²) in [5, 5.41) is 9.89. The highest BCUT2D eigenvalue weighted by Crippen LogP contribution is 2.47. The van der Waals surface area contributed by atoms with Crippen LogP contribution in [-0.2, 0) is 36.1 Å². The molecule has 8 nitrogen and oxygen atoms in total. The van der Waals surface area contributed by atoms with E-state index in [1.807, 2.05) is 15.4 Å². The van der Waals surface area contributed by atoms with Gasteiger partial charge in [0, 0.05) is 45.6 Å². The first-order chi connectivity index (χ1) is 19.1. The van der Waals surface area contributed by atoms with Crippen molar-refractivity contribution in [1.29, 1.82) is 0 Å². The fourth-order valence-electron chi connectivity index (χ4n) is 5.44. The van der Waals surface area contributed by atoms with Gasteiger partial charge in [0.2, 0.25) is 0 Å². The van der Waals surface area contributed by atoms with E-state index in [9.17, 15) is 13.2 Å². The summed E-state index contributed by atoms with van der Waals surface area (Å²) < 4.78 is 65.5. The summed E-state index contributed by atoms with van der Waals surface area (Å²) in [6, 6.07) is 6.56. The minimum absolute atomic E-state index is 0.0278. The number of methoxy groups -OCH3 is 1. The van der Waals surface area contributed by atoms with Crippen LogP contribution in [0.3, 0.4) is 0 Å². The minimum atomic E-state index is -4.60. The van der Waals surface area contributed by atoms with Crippen LogP contribution in [0.5, 0.6) is 0 Å². The number of alkyl halides is 3. The van der Waals surface area contributed by atoms with Crippen molar-refractivity contribution < 1.29 is 22.3 Å². The molecule has 1 aromatic carbocycles. The lowest BCUT2D eigenvalue weighted by molar-refractivity contribution is -0.140. The molecule has 13 heteroatoms. The van der Waals surface area contributed by atoms with Crippen LogP contribution in [0.15, 0.2) is 36.7 Å². The van der Waals surface area contributed by atoms with Gasteiger partial charge in [-0.15, -0.1) is 0 Å². The molecule has 4 aromatic rings. The van der Waals surface area contributed by atoms with Gasteiger partial charge >= 0.3 is 6.18 Å². The molecule has 40 heavy (non-hydrogen) atoms. The van der Waals surface area contributed by atoms with Gasteiger partial charge in [0.05, 0.1) is 28.9 Å². The van der Waals surface area contributed by atoms with Gasteiger partial charge in [-0.05, 0) is 43.9 Å². The molecule has 1 aliphatic carbocycles. The Labute approximate surface area is 233 Å². The molecule has 0 N–H and O–H groups in total. The van der Waals surface area contributed by atoms with Crippen LogP contribution >= 0.6 is 11.6 Å². The Bertz CT molecular complexity index is 1550. The highest BCUT2D eigenvalue weighted by atomic mass is 35.5. The number of benzene rings is 1. The molecule has 212 valence electrons. The van der Waals surface area contributed by atoms with E-state index >= 15 is 4.39 Å². The number of nitrogens with zero attached hydrogens (tertiary/aromatic N) is 7. The van der Waals surface area contributed by atoms with E-state index in [4.69, 9.17) is 21.4 Å². The van der Waals surface area contributed by atoms with Crippen LogP contribution in [0.25, 0.3) is 22.8 Å². The standard InChI is InChI=1S/C27H28ClF4N7O/c1-3-36-15-22(27(30,31)32)34-25(36)18-6-5-17(11-20(18)29)14-37-9-4-10-38-23(37)12-21(35-38)24-19(28)13-33-39(24)26(7-8-26)16-40-2/h5-6,11-13,15H,3-4,7-10,14,16H2,1-2H3. The van der Waals surface area contributed by atoms with Crippen LogP contribution < -0.4 is 4.90 Å². The number of hydrogen-bond donors (Lipinski definition) is 0. The van der Waals surface area contributed by atoms with Crippen molar-refractivity contribution in [2.45, 2.75) is 57.5 Å². The van der Waals surface area contributed by atoms with E-state index in [0.717, 1.165) is 50.1 Å². The van der Waals surface area contributed by atoms with Crippen LogP contribution in [0.2, 0.25) is 5.02 Å². The number of hydrogen-bond acceptors (Lipinski definition) is 5. The lowest BCUT2D eigenvalue weighted by Crippen LogP contribution is -2.31. The molecular formula is C27H28ClF4N7O. The molecule has 0 saturated heterocycles. The number of ether oxygens (including phenoxy) is 1. The zero-order chi connectivity index (χ0) is 28.2. The average molecular weight is 578 g/mol. The van der Waals surface area contributed by atoms with Gasteiger partial charge in [0.15, 0.2) is 5.69 Å². The number of fused-ring (bicyclic) bond motifs is 1. The molecular weight excluding hydrogens is 550 g/mol. The molecule has 2 aliphatic rings. The van der Waals surface area contributed by atoms with Crippen molar-refractivity contribution >= 4 is 17.4 Å². The predicted molar refractivity (Wildman–Crippen MR) is 142 cm³/mol. The second kappa shape index (κ2) is 9.91. The summed E-state index contributed by atoms with van der Waals surface area (Å²) in [7, 11) is 1.67. The molecule has 0 amide bonds. The zero-order valence-corrected chi connectivity index (χ0v) is 22.8. The van der Waals surface area contributed by atoms with Crippen molar-refractivity contribution in [3.8, 4) is 22.8 Å². The van der Waals surface area contributed by atoms with Crippen molar-refractivity contribution in [1.82, 2.24) is 29.1 Å². The molecule has 0 spiro atoms. The summed E-state index contributed by atoms with van der Waals surface area (Å²) in [5.41, 5.74) is 0.913. The molecule has 1 saturated carbocycles. The number of imidazole rings is 1. The Balaban J connectivity index is 1.28. The fraction of sp³-hybridized carbons (Fsp3) is 0.444. The Morgan fingerprint density at radius 1 is 1.15 bits per heavy atom. The first-order valence-corrected chi connectivity index (χ1v) is 13.5. The molecule has 0 radical (unpaired) electrons. The van der Waals surface area contributed by atoms with E-state index in [2.05, 4.69) is 15.0 Å². The van der Waals surface area contributed by atoms with Gasteiger partial charge in [-0.3, -0.25) is 4.68 Å². The lowest BCUT2D eigenvalue weighted by Gasteiger charge is -2.29. The van der Waals surface area contributed by atoms with Crippen LogP contribution in [0.1, 0.15) is 37.4 Å². The van der Waals surface area contributed by atoms with E-state index in [0.29, 0.717) is 29.4 Å². The van der Waals surface area contributed by atoms with E-state index in [1.54, 1.807) is 26.3 Å². The maximum Gasteiger partial charge on any atom is 0.434 e. The SMILES string of the molecule is CCn1cc(C(F)(F)F)nc1-c1ccc(CN2CCCn3nc(-c4c(Cl)cnn4C4(COC)CC4)cc32)cc1F. The smallest absolute Gasteiger partial charge is 0.382 e. The van der Waals surface area contributed by atoms with Gasteiger partial charge < -0.3 is 14.2 Å². The third-order valence-electron chi connectivity index (χ3n) is 7.59. The van der Waals surface area contributed by atoms with Crippen LogP contribution in [-0.4, -0.2) is 49.4 Å². The highest BCUT2D eigenvalue weighted by molar-refractivity contribution is 6.33. The first-order valence-electron chi connectivity index (χ1n) is 13.1. The molecule has 3 aromatic heterocycles. The molecule has 0 atom stereocenters.